The molecule has 8 heteroatoms. The Balaban J connectivity index is 1.33. The summed E-state index contributed by atoms with van der Waals surface area (Å²) in [5, 5.41) is 12.7. The van der Waals surface area contributed by atoms with E-state index in [1.54, 1.807) is 29.8 Å². The van der Waals surface area contributed by atoms with Crippen molar-refractivity contribution in [2.24, 2.45) is 0 Å². The van der Waals surface area contributed by atoms with Crippen LogP contribution in [0.5, 0.6) is 0 Å². The number of nitrogens with one attached hydrogen (secondary N) is 2. The summed E-state index contributed by atoms with van der Waals surface area (Å²) in [6.45, 7) is 1.74. The van der Waals surface area contributed by atoms with Gasteiger partial charge in [0.15, 0.2) is 5.82 Å². The molecule has 4 rings (SSSR count). The molecule has 4 heterocycles. The average Bonchev–Trinajstić information content (AvgIpc) is 3.34. The van der Waals surface area contributed by atoms with Gasteiger partial charge in [0.2, 0.25) is 0 Å². The van der Waals surface area contributed by atoms with Crippen molar-refractivity contribution in [3.8, 4) is 10.6 Å². The fourth-order valence-corrected chi connectivity index (χ4v) is 4.15. The van der Waals surface area contributed by atoms with Crippen LogP contribution in [0.4, 0.5) is 5.82 Å². The van der Waals surface area contributed by atoms with Crippen LogP contribution in [0.2, 0.25) is 0 Å². The van der Waals surface area contributed by atoms with Crippen LogP contribution in [0.3, 0.4) is 0 Å². The number of amides is 1. The van der Waals surface area contributed by atoms with Crippen molar-refractivity contribution in [1.82, 2.24) is 20.5 Å². The van der Waals surface area contributed by atoms with Gasteiger partial charge in [-0.2, -0.15) is 5.10 Å². The lowest BCUT2D eigenvalue weighted by atomic mass is 10.0. The third-order valence-electron chi connectivity index (χ3n) is 4.47. The molecule has 0 radical (unpaired) electrons. The highest BCUT2D eigenvalue weighted by atomic mass is 79.9. The number of aromatic nitrogens is 3. The summed E-state index contributed by atoms with van der Waals surface area (Å²) in [5.74, 6) is 0.895. The number of carbonyl (C=O) groups excluding carboxylic acids is 1. The monoisotopic (exact) mass is 431 g/mol. The van der Waals surface area contributed by atoms with Gasteiger partial charge in [0.25, 0.3) is 5.91 Å². The number of pyridine rings is 1. The van der Waals surface area contributed by atoms with Crippen LogP contribution in [0.1, 0.15) is 23.2 Å². The first-order chi connectivity index (χ1) is 12.7. The summed E-state index contributed by atoms with van der Waals surface area (Å²) in [7, 11) is 0. The Morgan fingerprint density at radius 3 is 2.88 bits per heavy atom. The molecule has 1 saturated heterocycles. The predicted octanol–water partition coefficient (Wildman–Crippen LogP) is 3.69. The van der Waals surface area contributed by atoms with Gasteiger partial charge in [0.1, 0.15) is 0 Å². The Hall–Kier alpha value is -2.19. The summed E-state index contributed by atoms with van der Waals surface area (Å²) in [5.41, 5.74) is 1.63. The summed E-state index contributed by atoms with van der Waals surface area (Å²) in [6, 6.07) is 8.18. The quantitative estimate of drug-likeness (QED) is 0.660. The maximum absolute atomic E-state index is 12.3. The van der Waals surface area contributed by atoms with Gasteiger partial charge < -0.3 is 10.2 Å². The van der Waals surface area contributed by atoms with Crippen molar-refractivity contribution >= 4 is 39.0 Å². The first-order valence-electron chi connectivity index (χ1n) is 8.45. The van der Waals surface area contributed by atoms with Gasteiger partial charge in [0.05, 0.1) is 16.1 Å². The topological polar surface area (TPSA) is 73.9 Å². The third kappa shape index (κ3) is 3.81. The number of nitrogens with zero attached hydrogens (tertiary/aromatic N) is 3. The molecule has 134 valence electrons. The van der Waals surface area contributed by atoms with Gasteiger partial charge in [-0.3, -0.25) is 14.9 Å². The SMILES string of the molecule is O=C(NC1CCN(c2cc(-c3cccs3)[nH]n2)CC1)c1cncc(Br)c1. The van der Waals surface area contributed by atoms with E-state index < -0.39 is 0 Å². The molecule has 0 bridgehead atoms. The van der Waals surface area contributed by atoms with Gasteiger partial charge in [0, 0.05) is 42.1 Å². The molecule has 1 fully saturated rings. The first-order valence-corrected chi connectivity index (χ1v) is 10.1. The number of hydrogen-bond acceptors (Lipinski definition) is 5. The normalized spacial score (nSPS) is 15.2. The Kier molecular flexibility index (Phi) is 5.03. The van der Waals surface area contributed by atoms with E-state index in [-0.39, 0.29) is 11.9 Å². The second kappa shape index (κ2) is 7.59. The van der Waals surface area contributed by atoms with Gasteiger partial charge in [-0.25, -0.2) is 0 Å². The molecular formula is C18H18BrN5OS. The number of anilines is 1. The van der Waals surface area contributed by atoms with Crippen molar-refractivity contribution in [2.45, 2.75) is 18.9 Å². The smallest absolute Gasteiger partial charge is 0.253 e. The number of piperidine rings is 1. The van der Waals surface area contributed by atoms with Crippen LogP contribution in [-0.4, -0.2) is 40.2 Å². The first kappa shape index (κ1) is 17.2. The molecule has 0 saturated carbocycles. The third-order valence-corrected chi connectivity index (χ3v) is 5.81. The van der Waals surface area contributed by atoms with Crippen LogP contribution in [0.15, 0.2) is 46.5 Å². The van der Waals surface area contributed by atoms with E-state index in [9.17, 15) is 4.79 Å². The number of thiophene rings is 1. The lowest BCUT2D eigenvalue weighted by Gasteiger charge is -2.32. The molecule has 1 amide bonds. The fraction of sp³-hybridized carbons (Fsp3) is 0.278. The second-order valence-corrected chi connectivity index (χ2v) is 8.11. The van der Waals surface area contributed by atoms with E-state index >= 15 is 0 Å². The minimum Gasteiger partial charge on any atom is -0.355 e. The van der Waals surface area contributed by atoms with E-state index in [2.05, 4.69) is 58.8 Å². The molecule has 2 N–H and O–H groups in total. The Bertz CT molecular complexity index is 887. The molecule has 3 aromatic heterocycles. The van der Waals surface area contributed by atoms with Gasteiger partial charge >= 0.3 is 0 Å². The lowest BCUT2D eigenvalue weighted by Crippen LogP contribution is -2.44. The van der Waals surface area contributed by atoms with Crippen LogP contribution in [-0.2, 0) is 0 Å². The zero-order valence-electron chi connectivity index (χ0n) is 14.0. The van der Waals surface area contributed by atoms with Crippen LogP contribution >= 0.6 is 27.3 Å². The van der Waals surface area contributed by atoms with Crippen molar-refractivity contribution in [3.05, 3.63) is 52.1 Å². The second-order valence-electron chi connectivity index (χ2n) is 6.24. The number of hydrogen-bond donors (Lipinski definition) is 2. The van der Waals surface area contributed by atoms with Crippen molar-refractivity contribution in [3.63, 3.8) is 0 Å². The van der Waals surface area contributed by atoms with E-state index in [4.69, 9.17) is 0 Å². The minimum atomic E-state index is -0.0722. The number of H-pyrrole nitrogens is 1. The summed E-state index contributed by atoms with van der Waals surface area (Å²) < 4.78 is 0.806. The molecule has 0 aliphatic carbocycles. The summed E-state index contributed by atoms with van der Waals surface area (Å²) >= 11 is 5.04. The number of halogens is 1. The zero-order valence-corrected chi connectivity index (χ0v) is 16.4. The maximum Gasteiger partial charge on any atom is 0.253 e. The molecule has 26 heavy (non-hydrogen) atoms. The Morgan fingerprint density at radius 2 is 2.15 bits per heavy atom. The molecule has 0 spiro atoms. The van der Waals surface area contributed by atoms with E-state index in [1.165, 1.54) is 4.88 Å². The molecule has 0 atom stereocenters. The minimum absolute atomic E-state index is 0.0722. The summed E-state index contributed by atoms with van der Waals surface area (Å²) in [4.78, 5) is 19.8. The van der Waals surface area contributed by atoms with E-state index in [1.807, 2.05) is 6.07 Å². The molecule has 0 aromatic carbocycles. The molecular weight excluding hydrogens is 414 g/mol. The number of carbonyl (C=O) groups is 1. The predicted molar refractivity (Wildman–Crippen MR) is 107 cm³/mol. The largest absolute Gasteiger partial charge is 0.355 e. The molecule has 3 aromatic rings. The number of rotatable bonds is 4. The highest BCUT2D eigenvalue weighted by Crippen LogP contribution is 2.27. The maximum atomic E-state index is 12.3. The van der Waals surface area contributed by atoms with Crippen molar-refractivity contribution in [2.75, 3.05) is 18.0 Å². The Morgan fingerprint density at radius 1 is 1.31 bits per heavy atom. The van der Waals surface area contributed by atoms with E-state index in [0.29, 0.717) is 5.56 Å². The van der Waals surface area contributed by atoms with E-state index in [0.717, 1.165) is 41.9 Å². The molecule has 1 aliphatic rings. The summed E-state index contributed by atoms with van der Waals surface area (Å²) in [6.07, 6.45) is 5.05. The van der Waals surface area contributed by atoms with Gasteiger partial charge in [-0.1, -0.05) is 6.07 Å². The number of aromatic amines is 1. The van der Waals surface area contributed by atoms with Crippen molar-refractivity contribution < 1.29 is 4.79 Å². The standard InChI is InChI=1S/C18H18BrN5OS/c19-13-8-12(10-20-11-13)18(25)21-14-3-5-24(6-4-14)17-9-15(22-23-17)16-2-1-7-26-16/h1-2,7-11,14H,3-6H2,(H,21,25)(H,22,23). The van der Waals surface area contributed by atoms with Crippen LogP contribution < -0.4 is 10.2 Å². The van der Waals surface area contributed by atoms with Crippen molar-refractivity contribution in [1.29, 1.82) is 0 Å². The van der Waals surface area contributed by atoms with Crippen LogP contribution in [0.25, 0.3) is 10.6 Å². The van der Waals surface area contributed by atoms with Gasteiger partial charge in [-0.05, 0) is 46.3 Å². The zero-order chi connectivity index (χ0) is 17.9. The molecule has 1 aliphatic heterocycles. The average molecular weight is 432 g/mol. The fourth-order valence-electron chi connectivity index (χ4n) is 3.09. The molecule has 6 nitrogen and oxygen atoms in total. The molecule has 0 unspecified atom stereocenters. The lowest BCUT2D eigenvalue weighted by molar-refractivity contribution is 0.0930. The highest BCUT2D eigenvalue weighted by Gasteiger charge is 2.23. The van der Waals surface area contributed by atoms with Crippen LogP contribution in [0, 0.1) is 0 Å². The van der Waals surface area contributed by atoms with Gasteiger partial charge in [-0.15, -0.1) is 11.3 Å². The Labute approximate surface area is 163 Å². The highest BCUT2D eigenvalue weighted by molar-refractivity contribution is 9.10.